The molecular weight excluding hydrogens is 447 g/mol. The smallest absolute Gasteiger partial charge is 0.249 e. The lowest BCUT2D eigenvalue weighted by molar-refractivity contribution is -0.119. The molecule has 3 heterocycles. The molecule has 0 radical (unpaired) electrons. The number of likely N-dealkylation sites (N-methyl/N-ethyl adjacent to an activating group) is 1. The number of halogens is 3. The highest BCUT2D eigenvalue weighted by Gasteiger charge is 2.37. The van der Waals surface area contributed by atoms with Crippen molar-refractivity contribution in [3.05, 3.63) is 59.3 Å². The molecule has 0 bridgehead atoms. The maximum atomic E-state index is 13.5. The van der Waals surface area contributed by atoms with Crippen LogP contribution in [-0.2, 0) is 17.9 Å². The SMILES string of the molecule is CCN1C(=O)[C@H](C)N(C(C)C)c2nc(NCc3cnn(Cc4cc(F)c(F)c(F)c4)c3)ncc21. The van der Waals surface area contributed by atoms with E-state index in [0.717, 1.165) is 17.7 Å². The van der Waals surface area contributed by atoms with Crippen molar-refractivity contribution in [3.8, 4) is 0 Å². The van der Waals surface area contributed by atoms with Gasteiger partial charge in [0.1, 0.15) is 11.7 Å². The number of hydrogen-bond donors (Lipinski definition) is 1. The summed E-state index contributed by atoms with van der Waals surface area (Å²) < 4.78 is 41.6. The Kier molecular flexibility index (Phi) is 6.45. The Morgan fingerprint density at radius 1 is 1.12 bits per heavy atom. The Hall–Kier alpha value is -3.63. The standard InChI is InChI=1S/C23H26F3N7O/c1-5-32-19-10-28-23(30-21(19)33(13(2)3)14(4)22(32)34)27-8-16-9-29-31(12-16)11-15-6-17(24)20(26)18(25)7-15/h6-7,9-10,12-14H,5,8,11H2,1-4H3,(H,27,28,30)/t14-/m0/s1. The second-order valence-corrected chi connectivity index (χ2v) is 8.44. The van der Waals surface area contributed by atoms with E-state index in [2.05, 4.69) is 20.4 Å². The highest BCUT2D eigenvalue weighted by Crippen LogP contribution is 2.35. The van der Waals surface area contributed by atoms with Crippen LogP contribution in [0.15, 0.2) is 30.7 Å². The number of aromatic nitrogens is 4. The first-order valence-electron chi connectivity index (χ1n) is 11.0. The van der Waals surface area contributed by atoms with Gasteiger partial charge in [0.2, 0.25) is 11.9 Å². The van der Waals surface area contributed by atoms with Crippen molar-refractivity contribution in [1.82, 2.24) is 19.7 Å². The van der Waals surface area contributed by atoms with E-state index in [1.54, 1.807) is 23.5 Å². The summed E-state index contributed by atoms with van der Waals surface area (Å²) in [6, 6.07) is 1.63. The van der Waals surface area contributed by atoms with Gasteiger partial charge in [-0.3, -0.25) is 9.48 Å². The molecule has 34 heavy (non-hydrogen) atoms. The van der Waals surface area contributed by atoms with Gasteiger partial charge in [0.05, 0.1) is 18.9 Å². The number of fused-ring (bicyclic) bond motifs is 1. The van der Waals surface area contributed by atoms with Crippen LogP contribution in [0.2, 0.25) is 0 Å². The monoisotopic (exact) mass is 473 g/mol. The summed E-state index contributed by atoms with van der Waals surface area (Å²) in [4.78, 5) is 25.5. The summed E-state index contributed by atoms with van der Waals surface area (Å²) in [6.45, 7) is 8.78. The lowest BCUT2D eigenvalue weighted by Gasteiger charge is -2.42. The molecule has 180 valence electrons. The summed E-state index contributed by atoms with van der Waals surface area (Å²) in [5, 5.41) is 7.35. The van der Waals surface area contributed by atoms with E-state index >= 15 is 0 Å². The maximum Gasteiger partial charge on any atom is 0.249 e. The average molecular weight is 474 g/mol. The van der Waals surface area contributed by atoms with Crippen LogP contribution in [0, 0.1) is 17.5 Å². The lowest BCUT2D eigenvalue weighted by atomic mass is 10.1. The van der Waals surface area contributed by atoms with Gasteiger partial charge in [-0.25, -0.2) is 18.2 Å². The van der Waals surface area contributed by atoms with Crippen LogP contribution in [0.3, 0.4) is 0 Å². The zero-order valence-electron chi connectivity index (χ0n) is 19.4. The molecule has 0 fully saturated rings. The molecule has 2 aromatic heterocycles. The number of nitrogens with zero attached hydrogens (tertiary/aromatic N) is 6. The predicted molar refractivity (Wildman–Crippen MR) is 122 cm³/mol. The topological polar surface area (TPSA) is 79.2 Å². The number of rotatable bonds is 7. The minimum Gasteiger partial charge on any atom is -0.350 e. The zero-order chi connectivity index (χ0) is 24.6. The quantitative estimate of drug-likeness (QED) is 0.527. The Bertz CT molecular complexity index is 1190. The summed E-state index contributed by atoms with van der Waals surface area (Å²) >= 11 is 0. The predicted octanol–water partition coefficient (Wildman–Crippen LogP) is 3.72. The van der Waals surface area contributed by atoms with Gasteiger partial charge in [0.25, 0.3) is 0 Å². The Balaban J connectivity index is 1.49. The Morgan fingerprint density at radius 2 is 1.82 bits per heavy atom. The summed E-state index contributed by atoms with van der Waals surface area (Å²) in [5.74, 6) is -2.85. The van der Waals surface area contributed by atoms with Crippen molar-refractivity contribution in [3.63, 3.8) is 0 Å². The molecule has 1 aliphatic rings. The van der Waals surface area contributed by atoms with Crippen LogP contribution >= 0.6 is 0 Å². The second-order valence-electron chi connectivity index (χ2n) is 8.44. The van der Waals surface area contributed by atoms with E-state index in [1.165, 1.54) is 4.68 Å². The summed E-state index contributed by atoms with van der Waals surface area (Å²) in [5.41, 5.74) is 1.73. The molecule has 4 rings (SSSR count). The summed E-state index contributed by atoms with van der Waals surface area (Å²) in [6.07, 6.45) is 4.97. The van der Waals surface area contributed by atoms with E-state index in [0.29, 0.717) is 30.5 Å². The van der Waals surface area contributed by atoms with Crippen molar-refractivity contribution in [2.75, 3.05) is 21.7 Å². The van der Waals surface area contributed by atoms with E-state index in [4.69, 9.17) is 0 Å². The number of benzene rings is 1. The number of carbonyl (C=O) groups excluding carboxylic acids is 1. The lowest BCUT2D eigenvalue weighted by Crippen LogP contribution is -2.54. The molecule has 1 aromatic carbocycles. The van der Waals surface area contributed by atoms with Gasteiger partial charge in [-0.2, -0.15) is 10.1 Å². The Labute approximate surface area is 195 Å². The van der Waals surface area contributed by atoms with Gasteiger partial charge in [0.15, 0.2) is 23.3 Å². The minimum atomic E-state index is -1.49. The van der Waals surface area contributed by atoms with Crippen molar-refractivity contribution >= 4 is 23.4 Å². The molecule has 0 unspecified atom stereocenters. The molecule has 3 aromatic rings. The molecule has 0 saturated carbocycles. The number of amides is 1. The number of anilines is 3. The highest BCUT2D eigenvalue weighted by molar-refractivity contribution is 6.04. The van der Waals surface area contributed by atoms with Gasteiger partial charge >= 0.3 is 0 Å². The molecule has 0 aliphatic carbocycles. The molecule has 0 saturated heterocycles. The number of carbonyl (C=O) groups is 1. The highest BCUT2D eigenvalue weighted by atomic mass is 19.2. The van der Waals surface area contributed by atoms with Crippen LogP contribution in [0.25, 0.3) is 0 Å². The van der Waals surface area contributed by atoms with Gasteiger partial charge in [-0.05, 0) is 45.4 Å². The average Bonchev–Trinajstić information content (AvgIpc) is 3.24. The largest absolute Gasteiger partial charge is 0.350 e. The van der Waals surface area contributed by atoms with Gasteiger partial charge in [0, 0.05) is 30.9 Å². The second kappa shape index (κ2) is 9.32. The fourth-order valence-electron chi connectivity index (χ4n) is 4.15. The van der Waals surface area contributed by atoms with Crippen molar-refractivity contribution in [2.45, 2.75) is 52.9 Å². The van der Waals surface area contributed by atoms with E-state index < -0.39 is 17.5 Å². The van der Waals surface area contributed by atoms with Crippen LogP contribution in [0.1, 0.15) is 38.8 Å². The number of nitrogens with one attached hydrogen (secondary N) is 1. The molecule has 1 amide bonds. The van der Waals surface area contributed by atoms with Crippen molar-refractivity contribution in [1.29, 1.82) is 0 Å². The third-order valence-corrected chi connectivity index (χ3v) is 5.72. The van der Waals surface area contributed by atoms with Gasteiger partial charge < -0.3 is 15.1 Å². The third kappa shape index (κ3) is 4.42. The van der Waals surface area contributed by atoms with Crippen LogP contribution in [0.4, 0.5) is 30.6 Å². The fourth-order valence-corrected chi connectivity index (χ4v) is 4.15. The number of hydrogen-bond acceptors (Lipinski definition) is 6. The van der Waals surface area contributed by atoms with Crippen molar-refractivity contribution < 1.29 is 18.0 Å². The van der Waals surface area contributed by atoms with E-state index in [-0.39, 0.29) is 30.1 Å². The van der Waals surface area contributed by atoms with Gasteiger partial charge in [-0.1, -0.05) is 0 Å². The first-order chi connectivity index (χ1) is 16.2. The Morgan fingerprint density at radius 3 is 2.47 bits per heavy atom. The molecule has 1 aliphatic heterocycles. The molecule has 8 nitrogen and oxygen atoms in total. The first-order valence-corrected chi connectivity index (χ1v) is 11.0. The minimum absolute atomic E-state index is 0.0151. The van der Waals surface area contributed by atoms with Crippen LogP contribution < -0.4 is 15.1 Å². The fraction of sp³-hybridized carbons (Fsp3) is 0.391. The maximum absolute atomic E-state index is 13.5. The molecule has 0 spiro atoms. The van der Waals surface area contributed by atoms with E-state index in [1.807, 2.05) is 32.6 Å². The zero-order valence-corrected chi connectivity index (χ0v) is 19.4. The molecule has 11 heteroatoms. The normalized spacial score (nSPS) is 15.8. The summed E-state index contributed by atoms with van der Waals surface area (Å²) in [7, 11) is 0. The molecular formula is C23H26F3N7O. The third-order valence-electron chi connectivity index (χ3n) is 5.72. The van der Waals surface area contributed by atoms with Crippen LogP contribution in [-0.4, -0.2) is 44.3 Å². The van der Waals surface area contributed by atoms with Crippen molar-refractivity contribution in [2.24, 2.45) is 0 Å². The van der Waals surface area contributed by atoms with E-state index in [9.17, 15) is 18.0 Å². The van der Waals surface area contributed by atoms with Gasteiger partial charge in [-0.15, -0.1) is 0 Å². The van der Waals surface area contributed by atoms with Crippen LogP contribution in [0.5, 0.6) is 0 Å². The molecule has 1 atom stereocenters. The first kappa shape index (κ1) is 23.5. The molecule has 1 N–H and O–H groups in total.